The van der Waals surface area contributed by atoms with E-state index in [-0.39, 0.29) is 0 Å². The van der Waals surface area contributed by atoms with Gasteiger partial charge in [0.25, 0.3) is 0 Å². The summed E-state index contributed by atoms with van der Waals surface area (Å²) in [6, 6.07) is 13.4. The molecule has 0 aliphatic heterocycles. The lowest BCUT2D eigenvalue weighted by Crippen LogP contribution is -2.00. The van der Waals surface area contributed by atoms with Crippen LogP contribution in [0.25, 0.3) is 0 Å². The van der Waals surface area contributed by atoms with Crippen molar-refractivity contribution in [2.24, 2.45) is 0 Å². The van der Waals surface area contributed by atoms with Crippen molar-refractivity contribution >= 4 is 38.5 Å². The van der Waals surface area contributed by atoms with Crippen molar-refractivity contribution in [2.45, 2.75) is 6.10 Å². The molecule has 2 rings (SSSR count). The number of ether oxygens (including phenoxy) is 1. The monoisotopic (exact) mass is 418 g/mol. The van der Waals surface area contributed by atoms with Gasteiger partial charge < -0.3 is 9.84 Å². The van der Waals surface area contributed by atoms with Crippen LogP contribution in [0.5, 0.6) is 5.75 Å². The second-order valence-corrected chi connectivity index (χ2v) is 5.95. The van der Waals surface area contributed by atoms with Crippen LogP contribution >= 0.6 is 38.5 Å². The molecular weight excluding hydrogens is 407 g/mol. The molecule has 2 aromatic rings. The summed E-state index contributed by atoms with van der Waals surface area (Å²) in [5, 5.41) is 10.3. The summed E-state index contributed by atoms with van der Waals surface area (Å²) < 4.78 is 7.16. The smallest absolute Gasteiger partial charge is 0.133 e. The molecule has 0 saturated heterocycles. The zero-order chi connectivity index (χ0) is 13.1. The van der Waals surface area contributed by atoms with Gasteiger partial charge in [-0.2, -0.15) is 0 Å². The average molecular weight is 419 g/mol. The molecule has 0 aromatic heterocycles. The van der Waals surface area contributed by atoms with Crippen molar-refractivity contribution in [2.75, 3.05) is 7.11 Å². The number of methoxy groups -OCH3 is 1. The van der Waals surface area contributed by atoms with Crippen LogP contribution in [-0.4, -0.2) is 12.2 Å². The van der Waals surface area contributed by atoms with Gasteiger partial charge in [-0.05, 0) is 73.9 Å². The minimum absolute atomic E-state index is 0.621. The number of aliphatic hydroxyl groups excluding tert-OH is 1. The molecule has 0 amide bonds. The summed E-state index contributed by atoms with van der Waals surface area (Å²) in [4.78, 5) is 0. The van der Waals surface area contributed by atoms with E-state index in [2.05, 4.69) is 38.5 Å². The van der Waals surface area contributed by atoms with Crippen LogP contribution in [-0.2, 0) is 0 Å². The fourth-order valence-corrected chi connectivity index (χ4v) is 2.61. The fourth-order valence-electron chi connectivity index (χ4n) is 1.69. The van der Waals surface area contributed by atoms with E-state index in [0.29, 0.717) is 0 Å². The lowest BCUT2D eigenvalue weighted by Gasteiger charge is -2.13. The minimum atomic E-state index is -0.621. The van der Waals surface area contributed by atoms with Crippen molar-refractivity contribution in [3.05, 3.63) is 61.6 Å². The number of benzene rings is 2. The van der Waals surface area contributed by atoms with E-state index in [1.807, 2.05) is 42.5 Å². The Morgan fingerprint density at radius 1 is 1.11 bits per heavy atom. The number of rotatable bonds is 3. The van der Waals surface area contributed by atoms with Crippen LogP contribution in [0.4, 0.5) is 0 Å². The third-order valence-corrected chi connectivity index (χ3v) is 4.02. The van der Waals surface area contributed by atoms with Crippen molar-refractivity contribution in [3.8, 4) is 5.75 Å². The molecule has 0 aliphatic carbocycles. The van der Waals surface area contributed by atoms with Crippen molar-refractivity contribution in [1.82, 2.24) is 0 Å². The highest BCUT2D eigenvalue weighted by Crippen LogP contribution is 2.30. The summed E-state index contributed by atoms with van der Waals surface area (Å²) in [5.74, 6) is 0.758. The molecule has 1 N–H and O–H groups in total. The first-order valence-electron chi connectivity index (χ1n) is 5.39. The van der Waals surface area contributed by atoms with Crippen LogP contribution in [0, 0.1) is 3.57 Å². The Morgan fingerprint density at radius 3 is 2.28 bits per heavy atom. The van der Waals surface area contributed by atoms with E-state index < -0.39 is 6.10 Å². The second kappa shape index (κ2) is 6.04. The Balaban J connectivity index is 2.31. The largest absolute Gasteiger partial charge is 0.496 e. The van der Waals surface area contributed by atoms with Crippen molar-refractivity contribution in [3.63, 3.8) is 0 Å². The highest BCUT2D eigenvalue weighted by molar-refractivity contribution is 14.1. The lowest BCUT2D eigenvalue weighted by atomic mass is 10.0. The van der Waals surface area contributed by atoms with E-state index in [1.165, 1.54) is 0 Å². The van der Waals surface area contributed by atoms with Gasteiger partial charge in [0.1, 0.15) is 11.9 Å². The van der Waals surface area contributed by atoms with Gasteiger partial charge in [-0.3, -0.25) is 0 Å². The third-order valence-electron chi connectivity index (χ3n) is 2.68. The van der Waals surface area contributed by atoms with Crippen LogP contribution in [0.2, 0.25) is 0 Å². The molecule has 0 radical (unpaired) electrons. The number of halogens is 2. The minimum Gasteiger partial charge on any atom is -0.496 e. The molecule has 2 aromatic carbocycles. The molecule has 2 nitrogen and oxygen atoms in total. The first kappa shape index (κ1) is 13.8. The van der Waals surface area contributed by atoms with E-state index in [1.54, 1.807) is 7.11 Å². The van der Waals surface area contributed by atoms with Crippen LogP contribution in [0.15, 0.2) is 46.9 Å². The summed E-state index contributed by atoms with van der Waals surface area (Å²) in [7, 11) is 1.62. The molecule has 4 heteroatoms. The standard InChI is InChI=1S/C14H12BrIO2/c1-18-13-7-4-10(8-12(13)15)14(17)9-2-5-11(16)6-3-9/h2-8,14,17H,1H3. The van der Waals surface area contributed by atoms with Crippen LogP contribution in [0.1, 0.15) is 17.2 Å². The Labute approximate surface area is 128 Å². The predicted molar refractivity (Wildman–Crippen MR) is 83.9 cm³/mol. The van der Waals surface area contributed by atoms with Gasteiger partial charge in [-0.25, -0.2) is 0 Å². The topological polar surface area (TPSA) is 29.5 Å². The molecule has 0 bridgehead atoms. The quantitative estimate of drug-likeness (QED) is 0.759. The third kappa shape index (κ3) is 3.05. The van der Waals surface area contributed by atoms with Crippen molar-refractivity contribution < 1.29 is 9.84 Å². The summed E-state index contributed by atoms with van der Waals surface area (Å²) in [5.41, 5.74) is 1.72. The molecule has 0 fully saturated rings. The van der Waals surface area contributed by atoms with Crippen LogP contribution < -0.4 is 4.74 Å². The van der Waals surface area contributed by atoms with Gasteiger partial charge in [0.15, 0.2) is 0 Å². The van der Waals surface area contributed by atoms with Gasteiger partial charge in [0.2, 0.25) is 0 Å². The lowest BCUT2D eigenvalue weighted by molar-refractivity contribution is 0.220. The predicted octanol–water partition coefficient (Wildman–Crippen LogP) is 4.14. The first-order valence-corrected chi connectivity index (χ1v) is 7.26. The first-order chi connectivity index (χ1) is 8.61. The SMILES string of the molecule is COc1ccc(C(O)c2ccc(I)cc2)cc1Br. The average Bonchev–Trinajstić information content (AvgIpc) is 2.38. The fraction of sp³-hybridized carbons (Fsp3) is 0.143. The molecule has 0 saturated carbocycles. The maximum absolute atomic E-state index is 10.3. The van der Waals surface area contributed by atoms with E-state index in [9.17, 15) is 5.11 Å². The van der Waals surface area contributed by atoms with E-state index >= 15 is 0 Å². The highest BCUT2D eigenvalue weighted by Gasteiger charge is 2.12. The maximum Gasteiger partial charge on any atom is 0.133 e. The van der Waals surface area contributed by atoms with E-state index in [4.69, 9.17) is 4.74 Å². The molecule has 1 unspecified atom stereocenters. The zero-order valence-electron chi connectivity index (χ0n) is 9.73. The number of hydrogen-bond acceptors (Lipinski definition) is 2. The Morgan fingerprint density at radius 2 is 1.72 bits per heavy atom. The Bertz CT molecular complexity index is 540. The molecule has 18 heavy (non-hydrogen) atoms. The molecule has 0 aliphatic rings. The van der Waals surface area contributed by atoms with Crippen LogP contribution in [0.3, 0.4) is 0 Å². The summed E-state index contributed by atoms with van der Waals surface area (Å²) in [6.45, 7) is 0. The highest BCUT2D eigenvalue weighted by atomic mass is 127. The molecule has 1 atom stereocenters. The van der Waals surface area contributed by atoms with Gasteiger partial charge >= 0.3 is 0 Å². The van der Waals surface area contributed by atoms with Gasteiger partial charge in [0, 0.05) is 3.57 Å². The molecule has 94 valence electrons. The number of aliphatic hydroxyl groups is 1. The Hall–Kier alpha value is -0.590. The molecular formula is C14H12BrIO2. The number of hydrogen-bond donors (Lipinski definition) is 1. The van der Waals surface area contributed by atoms with Crippen molar-refractivity contribution in [1.29, 1.82) is 0 Å². The maximum atomic E-state index is 10.3. The normalized spacial score (nSPS) is 12.2. The van der Waals surface area contributed by atoms with E-state index in [0.717, 1.165) is 24.9 Å². The molecule has 0 spiro atoms. The second-order valence-electron chi connectivity index (χ2n) is 3.85. The van der Waals surface area contributed by atoms with Gasteiger partial charge in [-0.15, -0.1) is 0 Å². The summed E-state index contributed by atoms with van der Waals surface area (Å²) in [6.07, 6.45) is -0.621. The molecule has 0 heterocycles. The Kier molecular flexibility index (Phi) is 4.64. The summed E-state index contributed by atoms with van der Waals surface area (Å²) >= 11 is 5.67. The van der Waals surface area contributed by atoms with Gasteiger partial charge in [0.05, 0.1) is 11.6 Å². The zero-order valence-corrected chi connectivity index (χ0v) is 13.5. The van der Waals surface area contributed by atoms with Gasteiger partial charge in [-0.1, -0.05) is 18.2 Å².